The maximum absolute atomic E-state index is 4.89. The molecule has 2 nitrogen and oxygen atoms in total. The molecule has 12 heavy (non-hydrogen) atoms. The van der Waals surface area contributed by atoms with Gasteiger partial charge in [0, 0.05) is 0 Å². The van der Waals surface area contributed by atoms with E-state index in [-0.39, 0.29) is 0 Å². The first-order valence-electron chi connectivity index (χ1n) is 3.24. The van der Waals surface area contributed by atoms with Crippen LogP contribution < -0.4 is 4.57 Å². The summed E-state index contributed by atoms with van der Waals surface area (Å²) >= 11 is -1.33. The summed E-state index contributed by atoms with van der Waals surface area (Å²) < 4.78 is 4.16. The van der Waals surface area contributed by atoms with Crippen LogP contribution in [0.1, 0.15) is 6.92 Å². The molecule has 0 spiro atoms. The van der Waals surface area contributed by atoms with Gasteiger partial charge in [0.15, 0.2) is 0 Å². The van der Waals surface area contributed by atoms with Gasteiger partial charge < -0.3 is 0 Å². The SMILES string of the molecule is CCn1cc[n+](C)c1.[Cl][Fe]([Cl])[Cl]. The van der Waals surface area contributed by atoms with Crippen molar-refractivity contribution in [3.05, 3.63) is 18.7 Å². The van der Waals surface area contributed by atoms with Gasteiger partial charge in [0.05, 0.1) is 13.6 Å². The van der Waals surface area contributed by atoms with E-state index in [4.69, 9.17) is 30.3 Å². The van der Waals surface area contributed by atoms with Crippen molar-refractivity contribution in [1.82, 2.24) is 4.57 Å². The van der Waals surface area contributed by atoms with Gasteiger partial charge in [0.25, 0.3) is 0 Å². The van der Waals surface area contributed by atoms with Crippen LogP contribution in [-0.2, 0) is 24.8 Å². The first-order chi connectivity index (χ1) is 5.56. The predicted octanol–water partition coefficient (Wildman–Crippen LogP) is 2.40. The summed E-state index contributed by atoms with van der Waals surface area (Å²) in [6, 6.07) is 0. The van der Waals surface area contributed by atoms with Gasteiger partial charge in [-0.1, -0.05) is 0 Å². The van der Waals surface area contributed by atoms with Crippen molar-refractivity contribution in [2.24, 2.45) is 7.05 Å². The van der Waals surface area contributed by atoms with Crippen molar-refractivity contribution < 1.29 is 15.7 Å². The Morgan fingerprint density at radius 3 is 2.08 bits per heavy atom. The fourth-order valence-electron chi connectivity index (χ4n) is 0.689. The third-order valence-corrected chi connectivity index (χ3v) is 1.19. The molecule has 0 radical (unpaired) electrons. The Hall–Kier alpha value is 0.599. The molecule has 0 N–H and O–H groups in total. The van der Waals surface area contributed by atoms with Crippen molar-refractivity contribution in [3.8, 4) is 0 Å². The normalized spacial score (nSPS) is 10.2. The summed E-state index contributed by atoms with van der Waals surface area (Å²) in [5.74, 6) is 0. The molecule has 73 valence electrons. The second kappa shape index (κ2) is 7.05. The summed E-state index contributed by atoms with van der Waals surface area (Å²) in [4.78, 5) is 0. The minimum atomic E-state index is -1.33. The van der Waals surface area contributed by atoms with E-state index in [1.807, 2.05) is 17.8 Å². The summed E-state index contributed by atoms with van der Waals surface area (Å²) in [6.45, 7) is 3.18. The zero-order valence-electron chi connectivity index (χ0n) is 6.82. The van der Waals surface area contributed by atoms with Crippen LogP contribution in [0.2, 0.25) is 0 Å². The van der Waals surface area contributed by atoms with E-state index in [0.29, 0.717) is 0 Å². The van der Waals surface area contributed by atoms with Gasteiger partial charge in [0.2, 0.25) is 6.33 Å². The average molecular weight is 273 g/mol. The van der Waals surface area contributed by atoms with Crippen LogP contribution in [0.5, 0.6) is 0 Å². The van der Waals surface area contributed by atoms with Crippen LogP contribution in [0, 0.1) is 0 Å². The molecule has 0 amide bonds. The van der Waals surface area contributed by atoms with Crippen LogP contribution in [0.15, 0.2) is 18.7 Å². The number of imidazole rings is 1. The molecule has 1 rings (SSSR count). The third-order valence-electron chi connectivity index (χ3n) is 1.19. The molecule has 1 heterocycles. The van der Waals surface area contributed by atoms with E-state index in [1.165, 1.54) is 0 Å². The number of rotatable bonds is 1. The van der Waals surface area contributed by atoms with Crippen molar-refractivity contribution in [2.75, 3.05) is 0 Å². The number of nitrogens with zero attached hydrogens (tertiary/aromatic N) is 2. The van der Waals surface area contributed by atoms with Gasteiger partial charge in [-0.25, -0.2) is 9.13 Å². The topological polar surface area (TPSA) is 8.81 Å². The fourth-order valence-corrected chi connectivity index (χ4v) is 0.689. The molecule has 1 aromatic rings. The van der Waals surface area contributed by atoms with Crippen LogP contribution >= 0.6 is 30.3 Å². The second-order valence-electron chi connectivity index (χ2n) is 2.06. The van der Waals surface area contributed by atoms with E-state index in [2.05, 4.69) is 24.0 Å². The molecule has 1 aromatic heterocycles. The third kappa shape index (κ3) is 7.26. The molecular weight excluding hydrogens is 262 g/mol. The predicted molar refractivity (Wildman–Crippen MR) is 48.8 cm³/mol. The van der Waals surface area contributed by atoms with Crippen LogP contribution in [0.4, 0.5) is 0 Å². The molecule has 0 fully saturated rings. The standard InChI is InChI=1S/C6H11N2.3ClH.Fe/c1-3-8-5-4-7(2)6-8;;;;/h4-6H,3H2,1-2H3;3*1H;/q+1;;;;+3/p-3. The molecule has 0 aromatic carbocycles. The molecule has 0 saturated heterocycles. The van der Waals surface area contributed by atoms with Gasteiger partial charge in [0.1, 0.15) is 12.4 Å². The molecular formula is C6H11Cl3FeN2+. The molecule has 0 aliphatic heterocycles. The van der Waals surface area contributed by atoms with E-state index < -0.39 is 11.2 Å². The number of aryl methyl sites for hydroxylation is 2. The number of hydrogen-bond acceptors (Lipinski definition) is 0. The zero-order valence-corrected chi connectivity index (χ0v) is 10.2. The van der Waals surface area contributed by atoms with E-state index in [1.54, 1.807) is 0 Å². The van der Waals surface area contributed by atoms with Crippen LogP contribution in [-0.4, -0.2) is 4.57 Å². The molecule has 0 unspecified atom stereocenters. The quantitative estimate of drug-likeness (QED) is 0.549. The maximum atomic E-state index is 4.89. The Balaban J connectivity index is 0.000000261. The van der Waals surface area contributed by atoms with Crippen LogP contribution in [0.25, 0.3) is 0 Å². The summed E-state index contributed by atoms with van der Waals surface area (Å²) in [6.07, 6.45) is 6.14. The van der Waals surface area contributed by atoms with Crippen molar-refractivity contribution in [3.63, 3.8) is 0 Å². The van der Waals surface area contributed by atoms with Crippen molar-refractivity contribution in [2.45, 2.75) is 13.5 Å². The Morgan fingerprint density at radius 1 is 1.42 bits per heavy atom. The first kappa shape index (κ1) is 12.6. The van der Waals surface area contributed by atoms with E-state index in [9.17, 15) is 0 Å². The van der Waals surface area contributed by atoms with Gasteiger partial charge in [-0.3, -0.25) is 0 Å². The zero-order chi connectivity index (χ0) is 9.56. The van der Waals surface area contributed by atoms with Gasteiger partial charge >= 0.3 is 41.5 Å². The summed E-state index contributed by atoms with van der Waals surface area (Å²) in [5.41, 5.74) is 0. The number of hydrogen-bond donors (Lipinski definition) is 0. The average Bonchev–Trinajstić information content (AvgIpc) is 2.34. The molecule has 0 bridgehead atoms. The molecule has 6 heteroatoms. The summed E-state index contributed by atoms with van der Waals surface area (Å²) in [5, 5.41) is 0. The monoisotopic (exact) mass is 272 g/mol. The van der Waals surface area contributed by atoms with Gasteiger partial charge in [-0.15, -0.1) is 0 Å². The Kier molecular flexibility index (Phi) is 7.40. The molecule has 0 aliphatic rings. The van der Waals surface area contributed by atoms with Gasteiger partial charge in [-0.05, 0) is 6.92 Å². The minimum absolute atomic E-state index is 1.06. The number of halogens is 3. The Bertz CT molecular complexity index is 212. The van der Waals surface area contributed by atoms with E-state index >= 15 is 0 Å². The fraction of sp³-hybridized carbons (Fsp3) is 0.500. The first-order valence-corrected chi connectivity index (χ1v) is 7.80. The van der Waals surface area contributed by atoms with Crippen molar-refractivity contribution >= 4 is 30.3 Å². The van der Waals surface area contributed by atoms with Crippen LogP contribution in [0.3, 0.4) is 0 Å². The van der Waals surface area contributed by atoms with Gasteiger partial charge in [-0.2, -0.15) is 0 Å². The molecule has 0 aliphatic carbocycles. The summed E-state index contributed by atoms with van der Waals surface area (Å²) in [7, 11) is 16.7. The number of aromatic nitrogens is 2. The Morgan fingerprint density at radius 2 is 1.92 bits per heavy atom. The molecule has 0 atom stereocenters. The Labute approximate surface area is 89.6 Å². The second-order valence-corrected chi connectivity index (χ2v) is 7.53. The van der Waals surface area contributed by atoms with Crippen molar-refractivity contribution in [1.29, 1.82) is 0 Å². The van der Waals surface area contributed by atoms with E-state index in [0.717, 1.165) is 6.54 Å². The molecule has 0 saturated carbocycles.